The summed E-state index contributed by atoms with van der Waals surface area (Å²) >= 11 is 6.61. The lowest BCUT2D eigenvalue weighted by atomic mass is 9.94. The van der Waals surface area contributed by atoms with Gasteiger partial charge in [-0.25, -0.2) is 14.8 Å². The molecule has 0 unspecified atom stereocenters. The van der Waals surface area contributed by atoms with Crippen LogP contribution in [0.2, 0.25) is 5.02 Å². The molecule has 0 spiro atoms. The molecule has 4 aromatic rings. The first-order chi connectivity index (χ1) is 30.2. The molecule has 4 heterocycles. The Morgan fingerprint density at radius 2 is 1.69 bits per heavy atom. The van der Waals surface area contributed by atoms with Crippen molar-refractivity contribution in [2.75, 3.05) is 43.5 Å². The number of ether oxygens (including phenoxy) is 2. The number of alkyl carbamates (subject to hydrolysis) is 1. The zero-order valence-electron chi connectivity index (χ0n) is 36.7. The lowest BCUT2D eigenvalue weighted by molar-refractivity contribution is -0.274. The summed E-state index contributed by atoms with van der Waals surface area (Å²) in [6, 6.07) is 10.8. The van der Waals surface area contributed by atoms with E-state index in [4.69, 9.17) is 21.3 Å². The van der Waals surface area contributed by atoms with Gasteiger partial charge < -0.3 is 39.8 Å². The molecule has 2 aromatic heterocycles. The van der Waals surface area contributed by atoms with E-state index in [0.29, 0.717) is 60.6 Å². The van der Waals surface area contributed by atoms with Crippen molar-refractivity contribution in [1.82, 2.24) is 30.1 Å². The first-order valence-corrected chi connectivity index (χ1v) is 21.5. The van der Waals surface area contributed by atoms with Gasteiger partial charge >= 0.3 is 12.5 Å². The summed E-state index contributed by atoms with van der Waals surface area (Å²) in [5, 5.41) is 5.22. The SMILES string of the molecule is COC(=O)N[C@H](C(=O)N1CC(C2CC2)=C[C@H]1c1nc(-c2ccc(-c3cc(Cl)c(NC(=O)c4ccc(N5CCN(C(=O)C(C)(C)C)C[C@H]5C)nc4)cc3OC(F)(F)F)cc2)c[nH]1)C(C)C. The average Bonchev–Trinajstić information content (AvgIpc) is 3.81. The Bertz CT molecular complexity index is 2430. The molecule has 2 aromatic carbocycles. The van der Waals surface area contributed by atoms with Crippen LogP contribution in [0.25, 0.3) is 22.4 Å². The molecule has 0 bridgehead atoms. The zero-order chi connectivity index (χ0) is 46.2. The fraction of sp³-hybridized carbons (Fsp3) is 0.435. The summed E-state index contributed by atoms with van der Waals surface area (Å²) in [5.74, 6) is -0.115. The standard InChI is InChI=1S/C46H52ClF3N8O6/c1-25(2)39(55-44(62)63-7)42(60)58-24-31(27-8-9-27)18-36(58)40-52-22-35(53-40)29-12-10-28(11-13-29)32-19-33(47)34(20-37(32)64-46(48,49)50)54-41(59)30-14-15-38(51-21-30)57-17-16-56(23-26(57)3)43(61)45(4,5)6/h10-15,18-22,25-27,36,39H,8-9,16-17,23-24H2,1-7H3,(H,52,53)(H,54,59)(H,55,62)/t26-,36+,39+/m1/s1. The maximum absolute atomic E-state index is 13.9. The van der Waals surface area contributed by atoms with Crippen LogP contribution in [0.1, 0.15) is 76.6 Å². The number of hydrogen-bond donors (Lipinski definition) is 3. The molecular formula is C46H52ClF3N8O6. The first-order valence-electron chi connectivity index (χ1n) is 21.1. The van der Waals surface area contributed by atoms with E-state index in [-0.39, 0.29) is 45.6 Å². The lowest BCUT2D eigenvalue weighted by Gasteiger charge is -2.42. The van der Waals surface area contributed by atoms with Crippen LogP contribution < -0.4 is 20.3 Å². The van der Waals surface area contributed by atoms with Crippen LogP contribution in [0.15, 0.2) is 72.6 Å². The third-order valence-electron chi connectivity index (χ3n) is 11.6. The number of rotatable bonds is 11. The van der Waals surface area contributed by atoms with Gasteiger partial charge in [0.25, 0.3) is 5.91 Å². The second-order valence-corrected chi connectivity index (χ2v) is 18.2. The van der Waals surface area contributed by atoms with Gasteiger partial charge in [-0.15, -0.1) is 13.2 Å². The lowest BCUT2D eigenvalue weighted by Crippen LogP contribution is -2.56. The topological polar surface area (TPSA) is 162 Å². The number of nitrogens with one attached hydrogen (secondary N) is 3. The minimum atomic E-state index is -5.06. The van der Waals surface area contributed by atoms with Crippen LogP contribution in [-0.2, 0) is 14.3 Å². The molecule has 2 fully saturated rings. The number of carbonyl (C=O) groups is 4. The summed E-state index contributed by atoms with van der Waals surface area (Å²) in [7, 11) is 1.24. The van der Waals surface area contributed by atoms with Crippen LogP contribution in [0.5, 0.6) is 5.75 Å². The van der Waals surface area contributed by atoms with Crippen molar-refractivity contribution in [3.8, 4) is 28.1 Å². The Kier molecular flexibility index (Phi) is 13.0. The number of alkyl halides is 3. The van der Waals surface area contributed by atoms with Gasteiger partial charge in [0, 0.05) is 67.2 Å². The summed E-state index contributed by atoms with van der Waals surface area (Å²) in [6.45, 7) is 13.4. The quantitative estimate of drug-likeness (QED) is 0.125. The monoisotopic (exact) mass is 904 g/mol. The molecule has 64 heavy (non-hydrogen) atoms. The molecule has 1 saturated carbocycles. The molecule has 4 amide bonds. The number of imidazole rings is 1. The van der Waals surface area contributed by atoms with Crippen LogP contribution in [-0.4, -0.2) is 100 Å². The molecule has 2 aliphatic heterocycles. The Hall–Kier alpha value is -6.10. The highest BCUT2D eigenvalue weighted by Crippen LogP contribution is 2.44. The Labute approximate surface area is 374 Å². The van der Waals surface area contributed by atoms with Crippen LogP contribution in [0.4, 0.5) is 29.5 Å². The molecule has 1 saturated heterocycles. The van der Waals surface area contributed by atoms with Gasteiger partial charge in [0.05, 0.1) is 29.1 Å². The highest BCUT2D eigenvalue weighted by Gasteiger charge is 2.41. The number of anilines is 2. The smallest absolute Gasteiger partial charge is 0.453 e. The molecule has 3 N–H and O–H groups in total. The second-order valence-electron chi connectivity index (χ2n) is 17.8. The van der Waals surface area contributed by atoms with Crippen molar-refractivity contribution in [3.05, 3.63) is 89.0 Å². The number of carbonyl (C=O) groups excluding carboxylic acids is 4. The van der Waals surface area contributed by atoms with E-state index in [1.807, 2.05) is 52.5 Å². The van der Waals surface area contributed by atoms with Crippen LogP contribution in [0, 0.1) is 17.3 Å². The Balaban J connectivity index is 1.07. The molecule has 3 aliphatic rings. The second kappa shape index (κ2) is 18.2. The van der Waals surface area contributed by atoms with Crippen molar-refractivity contribution in [3.63, 3.8) is 0 Å². The van der Waals surface area contributed by atoms with Gasteiger partial charge in [-0.2, -0.15) is 0 Å². The Morgan fingerprint density at radius 3 is 2.28 bits per heavy atom. The maximum atomic E-state index is 13.9. The normalized spacial score (nSPS) is 18.4. The fourth-order valence-electron chi connectivity index (χ4n) is 8.06. The summed E-state index contributed by atoms with van der Waals surface area (Å²) < 4.78 is 50.7. The highest BCUT2D eigenvalue weighted by atomic mass is 35.5. The average molecular weight is 905 g/mol. The van der Waals surface area contributed by atoms with Crippen LogP contribution >= 0.6 is 11.6 Å². The molecule has 3 atom stereocenters. The van der Waals surface area contributed by atoms with E-state index in [1.54, 1.807) is 47.5 Å². The number of halogens is 4. The van der Waals surface area contributed by atoms with Crippen LogP contribution in [0.3, 0.4) is 0 Å². The largest absolute Gasteiger partial charge is 0.573 e. The first kappa shape index (κ1) is 45.9. The van der Waals surface area contributed by atoms with Gasteiger partial charge in [0.1, 0.15) is 29.5 Å². The maximum Gasteiger partial charge on any atom is 0.573 e. The molecule has 1 aliphatic carbocycles. The number of pyridine rings is 1. The van der Waals surface area contributed by atoms with Gasteiger partial charge in [0.15, 0.2) is 0 Å². The molecular weight excluding hydrogens is 853 g/mol. The van der Waals surface area contributed by atoms with Gasteiger partial charge in [-0.1, -0.05) is 76.6 Å². The molecule has 14 nitrogen and oxygen atoms in total. The predicted molar refractivity (Wildman–Crippen MR) is 236 cm³/mol. The number of H-pyrrole nitrogens is 1. The number of aromatic amines is 1. The number of benzene rings is 2. The number of amides is 4. The predicted octanol–water partition coefficient (Wildman–Crippen LogP) is 8.63. The third kappa shape index (κ3) is 10.3. The Morgan fingerprint density at radius 1 is 0.984 bits per heavy atom. The fourth-order valence-corrected chi connectivity index (χ4v) is 8.27. The third-order valence-corrected chi connectivity index (χ3v) is 11.9. The number of aromatic nitrogens is 3. The summed E-state index contributed by atoms with van der Waals surface area (Å²) in [4.78, 5) is 70.3. The minimum Gasteiger partial charge on any atom is -0.453 e. The number of nitrogens with zero attached hydrogens (tertiary/aromatic N) is 5. The minimum absolute atomic E-state index is 0.0251. The van der Waals surface area contributed by atoms with Crippen molar-refractivity contribution in [2.45, 2.75) is 78.9 Å². The van der Waals surface area contributed by atoms with E-state index in [2.05, 4.69) is 30.2 Å². The van der Waals surface area contributed by atoms with E-state index in [1.165, 1.54) is 19.4 Å². The number of methoxy groups -OCH3 is 1. The van der Waals surface area contributed by atoms with Crippen molar-refractivity contribution in [2.24, 2.45) is 17.3 Å². The summed E-state index contributed by atoms with van der Waals surface area (Å²) in [6.07, 6.45) is 1.43. The van der Waals surface area contributed by atoms with Gasteiger partial charge in [-0.05, 0) is 60.9 Å². The van der Waals surface area contributed by atoms with Gasteiger partial charge in [0.2, 0.25) is 11.8 Å². The zero-order valence-corrected chi connectivity index (χ0v) is 37.4. The van der Waals surface area contributed by atoms with Crippen molar-refractivity contribution in [1.29, 1.82) is 0 Å². The van der Waals surface area contributed by atoms with E-state index in [0.717, 1.165) is 24.5 Å². The highest BCUT2D eigenvalue weighted by molar-refractivity contribution is 6.34. The summed E-state index contributed by atoms with van der Waals surface area (Å²) in [5.41, 5.74) is 2.23. The van der Waals surface area contributed by atoms with E-state index >= 15 is 0 Å². The van der Waals surface area contributed by atoms with Gasteiger partial charge in [-0.3, -0.25) is 14.4 Å². The van der Waals surface area contributed by atoms with E-state index in [9.17, 15) is 32.3 Å². The number of hydrogen-bond acceptors (Lipinski definition) is 9. The molecule has 7 rings (SSSR count). The van der Waals surface area contributed by atoms with Crippen molar-refractivity contribution >= 4 is 46.9 Å². The van der Waals surface area contributed by atoms with E-state index < -0.39 is 41.6 Å². The molecule has 0 radical (unpaired) electrons. The number of piperazine rings is 1. The molecule has 340 valence electrons. The molecule has 18 heteroatoms. The van der Waals surface area contributed by atoms with Crippen molar-refractivity contribution < 1.29 is 41.8 Å².